The van der Waals surface area contributed by atoms with Crippen LogP contribution in [-0.4, -0.2) is 20.9 Å². The average molecular weight is 326 g/mol. The maximum absolute atomic E-state index is 11.4. The van der Waals surface area contributed by atoms with Crippen LogP contribution in [0.3, 0.4) is 0 Å². The van der Waals surface area contributed by atoms with Gasteiger partial charge in [0, 0.05) is 10.6 Å². The first kappa shape index (κ1) is 13.5. The zero-order valence-electron chi connectivity index (χ0n) is 10.4. The minimum atomic E-state index is 0.403. The number of aryl methyl sites for hydroxylation is 1. The fraction of sp³-hybridized carbons (Fsp3) is 0.154. The summed E-state index contributed by atoms with van der Waals surface area (Å²) in [5, 5.41) is 6.30. The number of aromatic nitrogens is 3. The van der Waals surface area contributed by atoms with Gasteiger partial charge in [0.25, 0.3) is 0 Å². The quantitative estimate of drug-likeness (QED) is 0.680. The fourth-order valence-electron chi connectivity index (χ4n) is 1.93. The predicted octanol–water partition coefficient (Wildman–Crippen LogP) is 4.14. The van der Waals surface area contributed by atoms with Gasteiger partial charge in [-0.1, -0.05) is 41.5 Å². The molecule has 2 aromatic heterocycles. The molecule has 0 saturated carbocycles. The summed E-state index contributed by atoms with van der Waals surface area (Å²) in [6, 6.07) is 5.10. The lowest BCUT2D eigenvalue weighted by Crippen LogP contribution is -1.95. The highest BCUT2D eigenvalue weighted by Crippen LogP contribution is 2.32. The molecule has 7 heteroatoms. The maximum atomic E-state index is 11.4. The summed E-state index contributed by atoms with van der Waals surface area (Å²) < 4.78 is 1.57. The van der Waals surface area contributed by atoms with Gasteiger partial charge in [0.15, 0.2) is 6.29 Å². The largest absolute Gasteiger partial charge is 0.296 e. The molecule has 0 aliphatic carbocycles. The Morgan fingerprint density at radius 2 is 2.20 bits per heavy atom. The summed E-state index contributed by atoms with van der Waals surface area (Å²) in [4.78, 5) is 16.5. The van der Waals surface area contributed by atoms with Crippen molar-refractivity contribution in [3.05, 3.63) is 38.9 Å². The molecule has 102 valence electrons. The molecule has 2 heterocycles. The number of benzene rings is 1. The topological polar surface area (TPSA) is 47.3 Å². The van der Waals surface area contributed by atoms with E-state index in [2.05, 4.69) is 10.1 Å². The van der Waals surface area contributed by atoms with Crippen LogP contribution in [0.25, 0.3) is 16.2 Å². The van der Waals surface area contributed by atoms with E-state index in [0.717, 1.165) is 17.7 Å². The number of rotatable bonds is 3. The zero-order valence-corrected chi connectivity index (χ0v) is 12.8. The van der Waals surface area contributed by atoms with Crippen LogP contribution in [0.2, 0.25) is 10.0 Å². The lowest BCUT2D eigenvalue weighted by Gasteiger charge is -2.02. The van der Waals surface area contributed by atoms with Crippen LogP contribution in [-0.2, 0) is 6.42 Å². The van der Waals surface area contributed by atoms with E-state index in [9.17, 15) is 4.79 Å². The van der Waals surface area contributed by atoms with Crippen LogP contribution in [0.5, 0.6) is 0 Å². The third-order valence-corrected chi connectivity index (χ3v) is 4.48. The summed E-state index contributed by atoms with van der Waals surface area (Å²) in [7, 11) is 0. The monoisotopic (exact) mass is 325 g/mol. The molecule has 0 aliphatic rings. The zero-order chi connectivity index (χ0) is 14.3. The third kappa shape index (κ3) is 2.12. The summed E-state index contributed by atoms with van der Waals surface area (Å²) in [5.74, 6) is 0. The minimum absolute atomic E-state index is 0.403. The Balaban J connectivity index is 2.25. The second-order valence-corrected chi connectivity index (χ2v) is 6.02. The van der Waals surface area contributed by atoms with Gasteiger partial charge in [-0.05, 0) is 24.6 Å². The molecule has 3 rings (SSSR count). The van der Waals surface area contributed by atoms with E-state index in [4.69, 9.17) is 23.2 Å². The number of imidazole rings is 1. The molecule has 0 aliphatic heterocycles. The van der Waals surface area contributed by atoms with Crippen molar-refractivity contribution in [2.75, 3.05) is 0 Å². The summed E-state index contributed by atoms with van der Waals surface area (Å²) in [5.41, 5.74) is 1.61. The second kappa shape index (κ2) is 5.16. The molecule has 0 unspecified atom stereocenters. The number of hydrogen-bond acceptors (Lipinski definition) is 4. The van der Waals surface area contributed by atoms with Gasteiger partial charge in [-0.25, -0.2) is 4.98 Å². The Morgan fingerprint density at radius 3 is 2.85 bits per heavy atom. The van der Waals surface area contributed by atoms with Crippen molar-refractivity contribution in [1.82, 2.24) is 14.6 Å². The van der Waals surface area contributed by atoms with Crippen LogP contribution in [0, 0.1) is 0 Å². The number of hydrogen-bond donors (Lipinski definition) is 0. The van der Waals surface area contributed by atoms with Gasteiger partial charge in [0.05, 0.1) is 5.02 Å². The Bertz CT molecular complexity index is 809. The third-order valence-electron chi connectivity index (χ3n) is 2.88. The van der Waals surface area contributed by atoms with Crippen molar-refractivity contribution < 1.29 is 4.79 Å². The van der Waals surface area contributed by atoms with Crippen molar-refractivity contribution in [3.63, 3.8) is 0 Å². The smallest absolute Gasteiger partial charge is 0.213 e. The van der Waals surface area contributed by atoms with E-state index < -0.39 is 0 Å². The summed E-state index contributed by atoms with van der Waals surface area (Å²) in [6.07, 6.45) is 1.56. The first-order chi connectivity index (χ1) is 9.63. The van der Waals surface area contributed by atoms with Crippen LogP contribution in [0.15, 0.2) is 18.2 Å². The average Bonchev–Trinajstić information content (AvgIpc) is 2.95. The van der Waals surface area contributed by atoms with E-state index in [1.165, 1.54) is 11.3 Å². The van der Waals surface area contributed by atoms with E-state index in [1.807, 2.05) is 6.92 Å². The molecular formula is C13H9Cl2N3OS. The Morgan fingerprint density at radius 1 is 1.40 bits per heavy atom. The number of aldehydes is 1. The first-order valence-corrected chi connectivity index (χ1v) is 7.50. The molecule has 0 N–H and O–H groups in total. The van der Waals surface area contributed by atoms with Gasteiger partial charge >= 0.3 is 0 Å². The molecule has 0 radical (unpaired) electrons. The van der Waals surface area contributed by atoms with Gasteiger partial charge in [0.1, 0.15) is 16.4 Å². The van der Waals surface area contributed by atoms with Crippen LogP contribution < -0.4 is 0 Å². The highest BCUT2D eigenvalue weighted by molar-refractivity contribution is 7.16. The summed E-state index contributed by atoms with van der Waals surface area (Å²) in [6.45, 7) is 2.01. The summed E-state index contributed by atoms with van der Waals surface area (Å²) >= 11 is 13.5. The predicted molar refractivity (Wildman–Crippen MR) is 81.1 cm³/mol. The molecule has 0 amide bonds. The first-order valence-electron chi connectivity index (χ1n) is 5.93. The SMILES string of the molecule is CCc1nn2c(C=O)c(-c3ccc(Cl)cc3Cl)nc2s1. The Labute approximate surface area is 129 Å². The minimum Gasteiger partial charge on any atom is -0.296 e. The lowest BCUT2D eigenvalue weighted by molar-refractivity contribution is 0.111. The van der Waals surface area contributed by atoms with Gasteiger partial charge in [-0.2, -0.15) is 9.61 Å². The molecule has 0 atom stereocenters. The van der Waals surface area contributed by atoms with E-state index in [-0.39, 0.29) is 0 Å². The van der Waals surface area contributed by atoms with E-state index in [0.29, 0.717) is 32.0 Å². The van der Waals surface area contributed by atoms with Crippen molar-refractivity contribution in [3.8, 4) is 11.3 Å². The standard InChI is InChI=1S/C13H9Cl2N3OS/c1-2-11-17-18-10(6-19)12(16-13(18)20-11)8-4-3-7(14)5-9(8)15/h3-6H,2H2,1H3. The molecule has 0 bridgehead atoms. The van der Waals surface area contributed by atoms with E-state index in [1.54, 1.807) is 22.7 Å². The molecule has 20 heavy (non-hydrogen) atoms. The molecule has 3 aromatic rings. The Kier molecular flexibility index (Phi) is 3.50. The highest BCUT2D eigenvalue weighted by atomic mass is 35.5. The van der Waals surface area contributed by atoms with Gasteiger partial charge in [-0.3, -0.25) is 4.79 Å². The van der Waals surface area contributed by atoms with Gasteiger partial charge in [0.2, 0.25) is 4.96 Å². The lowest BCUT2D eigenvalue weighted by atomic mass is 10.1. The Hall–Kier alpha value is -1.43. The molecule has 0 spiro atoms. The number of fused-ring (bicyclic) bond motifs is 1. The van der Waals surface area contributed by atoms with Crippen molar-refractivity contribution in [2.45, 2.75) is 13.3 Å². The number of carbonyl (C=O) groups excluding carboxylic acids is 1. The van der Waals surface area contributed by atoms with Crippen molar-refractivity contribution in [1.29, 1.82) is 0 Å². The molecule has 0 saturated heterocycles. The molecular weight excluding hydrogens is 317 g/mol. The number of nitrogens with zero attached hydrogens (tertiary/aromatic N) is 3. The fourth-order valence-corrected chi connectivity index (χ4v) is 3.27. The van der Waals surface area contributed by atoms with Crippen LogP contribution >= 0.6 is 34.5 Å². The van der Waals surface area contributed by atoms with Crippen molar-refractivity contribution in [2.24, 2.45) is 0 Å². The molecule has 1 aromatic carbocycles. The highest BCUT2D eigenvalue weighted by Gasteiger charge is 2.19. The van der Waals surface area contributed by atoms with Crippen molar-refractivity contribution >= 4 is 45.8 Å². The van der Waals surface area contributed by atoms with Gasteiger partial charge < -0.3 is 0 Å². The molecule has 0 fully saturated rings. The maximum Gasteiger partial charge on any atom is 0.213 e. The van der Waals surface area contributed by atoms with Gasteiger partial charge in [-0.15, -0.1) is 0 Å². The molecule has 4 nitrogen and oxygen atoms in total. The second-order valence-electron chi connectivity index (χ2n) is 4.13. The van der Waals surface area contributed by atoms with Crippen LogP contribution in [0.1, 0.15) is 22.4 Å². The number of carbonyl (C=O) groups is 1. The van der Waals surface area contributed by atoms with E-state index >= 15 is 0 Å². The normalized spacial score (nSPS) is 11.2. The number of halogens is 2. The van der Waals surface area contributed by atoms with Crippen LogP contribution in [0.4, 0.5) is 0 Å².